The van der Waals surface area contributed by atoms with Gasteiger partial charge in [-0.15, -0.1) is 0 Å². The Morgan fingerprint density at radius 3 is 2.41 bits per heavy atom. The van der Waals surface area contributed by atoms with Gasteiger partial charge in [-0.3, -0.25) is 14.4 Å². The van der Waals surface area contributed by atoms with Crippen LogP contribution in [-0.2, 0) is 19.6 Å². The third-order valence-corrected chi connectivity index (χ3v) is 6.62. The van der Waals surface area contributed by atoms with Crippen molar-refractivity contribution in [3.63, 3.8) is 0 Å². The molecular formula is C24H30N4O5S. The van der Waals surface area contributed by atoms with E-state index in [1.54, 1.807) is 34.1 Å². The van der Waals surface area contributed by atoms with Crippen LogP contribution < -0.4 is 19.8 Å². The molecule has 9 nitrogen and oxygen atoms in total. The number of rotatable bonds is 4. The van der Waals surface area contributed by atoms with Gasteiger partial charge >= 0.3 is 6.09 Å². The normalized spacial score (nSPS) is 20.4. The summed E-state index contributed by atoms with van der Waals surface area (Å²) in [7, 11) is -3.37. The molecule has 1 saturated heterocycles. The van der Waals surface area contributed by atoms with E-state index in [1.165, 1.54) is 6.92 Å². The number of carbonyl (C=O) groups is 2. The molecular weight excluding hydrogens is 456 g/mol. The minimum atomic E-state index is -3.37. The fourth-order valence-electron chi connectivity index (χ4n) is 4.53. The number of sulfonamides is 1. The number of nitrogens with one attached hydrogen (secondary N) is 2. The molecule has 10 heteroatoms. The number of piperidine rings is 1. The van der Waals surface area contributed by atoms with Crippen molar-refractivity contribution in [3.05, 3.63) is 42.5 Å². The number of hydrogen-bond donors (Lipinski definition) is 2. The lowest BCUT2D eigenvalue weighted by molar-refractivity contribution is -0.117. The first-order valence-corrected chi connectivity index (χ1v) is 13.2. The van der Waals surface area contributed by atoms with E-state index >= 15 is 0 Å². The summed E-state index contributed by atoms with van der Waals surface area (Å²) in [5, 5.41) is 3.25. The zero-order chi connectivity index (χ0) is 24.5. The number of benzene rings is 2. The Kier molecular flexibility index (Phi) is 6.81. The molecule has 0 aromatic heterocycles. The van der Waals surface area contributed by atoms with Crippen LogP contribution in [0.1, 0.15) is 26.7 Å². The molecule has 182 valence electrons. The lowest BCUT2D eigenvalue weighted by Gasteiger charge is -2.41. The van der Waals surface area contributed by atoms with Crippen LogP contribution in [0.15, 0.2) is 42.5 Å². The van der Waals surface area contributed by atoms with E-state index in [1.807, 2.05) is 25.1 Å². The maximum absolute atomic E-state index is 13.2. The van der Waals surface area contributed by atoms with E-state index in [4.69, 9.17) is 4.74 Å². The molecule has 2 aromatic rings. The van der Waals surface area contributed by atoms with Gasteiger partial charge in [-0.1, -0.05) is 18.2 Å². The van der Waals surface area contributed by atoms with Crippen LogP contribution >= 0.6 is 0 Å². The molecule has 0 saturated carbocycles. The number of carbonyl (C=O) groups excluding carboxylic acids is 2. The maximum Gasteiger partial charge on any atom is 0.414 e. The van der Waals surface area contributed by atoms with Gasteiger partial charge in [0.25, 0.3) is 0 Å². The van der Waals surface area contributed by atoms with Crippen LogP contribution in [-0.4, -0.2) is 58.5 Å². The first-order chi connectivity index (χ1) is 16.1. The zero-order valence-corrected chi connectivity index (χ0v) is 20.4. The van der Waals surface area contributed by atoms with Crippen molar-refractivity contribution in [1.29, 1.82) is 0 Å². The predicted octanol–water partition coefficient (Wildman–Crippen LogP) is 3.18. The van der Waals surface area contributed by atoms with E-state index < -0.39 is 16.1 Å². The van der Waals surface area contributed by atoms with Crippen molar-refractivity contribution in [2.45, 2.75) is 38.8 Å². The standard InChI is InChI=1S/C24H30N4O5S/c1-16-15-27(24(30)33-21-5-4-12-25-14-21)23-13-19(8-11-22(23)28(16)17(2)29)18-6-9-20(10-7-18)26-34(3,31)32/h6-11,13,16,21,25-26H,4-5,12,14-15H2,1-3H3. The Hall–Kier alpha value is -3.11. The molecule has 2 atom stereocenters. The van der Waals surface area contributed by atoms with Gasteiger partial charge in [0.1, 0.15) is 6.10 Å². The van der Waals surface area contributed by atoms with Crippen LogP contribution in [0, 0.1) is 0 Å². The molecule has 0 aliphatic carbocycles. The van der Waals surface area contributed by atoms with Crippen molar-refractivity contribution >= 4 is 39.1 Å². The third kappa shape index (κ3) is 5.34. The molecule has 1 fully saturated rings. The van der Waals surface area contributed by atoms with E-state index in [9.17, 15) is 18.0 Å². The second-order valence-corrected chi connectivity index (χ2v) is 10.6. The molecule has 2 aliphatic rings. The molecule has 4 rings (SSSR count). The van der Waals surface area contributed by atoms with E-state index in [0.717, 1.165) is 36.8 Å². The summed E-state index contributed by atoms with van der Waals surface area (Å²) in [6.07, 6.45) is 2.28. The number of amides is 2. The highest BCUT2D eigenvalue weighted by Gasteiger charge is 2.35. The summed E-state index contributed by atoms with van der Waals surface area (Å²) >= 11 is 0. The lowest BCUT2D eigenvalue weighted by Crippen LogP contribution is -2.52. The molecule has 2 aromatic carbocycles. The van der Waals surface area contributed by atoms with Crippen molar-refractivity contribution in [2.24, 2.45) is 0 Å². The van der Waals surface area contributed by atoms with Crippen molar-refractivity contribution < 1.29 is 22.7 Å². The van der Waals surface area contributed by atoms with Gasteiger partial charge in [0.15, 0.2) is 0 Å². The highest BCUT2D eigenvalue weighted by molar-refractivity contribution is 7.92. The highest BCUT2D eigenvalue weighted by atomic mass is 32.2. The van der Waals surface area contributed by atoms with Gasteiger partial charge in [-0.05, 0) is 61.7 Å². The summed E-state index contributed by atoms with van der Waals surface area (Å²) in [5.41, 5.74) is 3.41. The van der Waals surface area contributed by atoms with Crippen LogP contribution in [0.25, 0.3) is 11.1 Å². The van der Waals surface area contributed by atoms with Crippen LogP contribution in [0.3, 0.4) is 0 Å². The van der Waals surface area contributed by atoms with E-state index in [-0.39, 0.29) is 18.1 Å². The predicted molar refractivity (Wildman–Crippen MR) is 133 cm³/mol. The Labute approximate surface area is 200 Å². The summed E-state index contributed by atoms with van der Waals surface area (Å²) < 4.78 is 31.2. The minimum Gasteiger partial charge on any atom is -0.444 e. The van der Waals surface area contributed by atoms with E-state index in [2.05, 4.69) is 10.0 Å². The summed E-state index contributed by atoms with van der Waals surface area (Å²) in [6.45, 7) is 5.31. The fraction of sp³-hybridized carbons (Fsp3) is 0.417. The lowest BCUT2D eigenvalue weighted by atomic mass is 10.0. The number of hydrogen-bond acceptors (Lipinski definition) is 6. The topological polar surface area (TPSA) is 108 Å². The first-order valence-electron chi connectivity index (χ1n) is 11.3. The van der Waals surface area contributed by atoms with Crippen LogP contribution in [0.2, 0.25) is 0 Å². The van der Waals surface area contributed by atoms with Gasteiger partial charge in [0.05, 0.1) is 23.7 Å². The number of nitrogens with zero attached hydrogens (tertiary/aromatic N) is 2. The summed E-state index contributed by atoms with van der Waals surface area (Å²) in [4.78, 5) is 28.9. The fourth-order valence-corrected chi connectivity index (χ4v) is 5.09. The summed E-state index contributed by atoms with van der Waals surface area (Å²) in [6, 6.07) is 12.4. The number of fused-ring (bicyclic) bond motifs is 1. The van der Waals surface area contributed by atoms with Gasteiger partial charge in [-0.2, -0.15) is 0 Å². The highest BCUT2D eigenvalue weighted by Crippen LogP contribution is 2.39. The van der Waals surface area contributed by atoms with Crippen molar-refractivity contribution in [2.75, 3.05) is 40.4 Å². The molecule has 2 amide bonds. The monoisotopic (exact) mass is 486 g/mol. The average Bonchev–Trinajstić information content (AvgIpc) is 2.78. The Morgan fingerprint density at radius 1 is 1.09 bits per heavy atom. The average molecular weight is 487 g/mol. The molecule has 2 unspecified atom stereocenters. The third-order valence-electron chi connectivity index (χ3n) is 6.01. The molecule has 34 heavy (non-hydrogen) atoms. The number of anilines is 3. The Balaban J connectivity index is 1.67. The van der Waals surface area contributed by atoms with Gasteiger partial charge in [-0.25, -0.2) is 13.2 Å². The van der Waals surface area contributed by atoms with Crippen molar-refractivity contribution in [3.8, 4) is 11.1 Å². The Bertz CT molecular complexity index is 1180. The van der Waals surface area contributed by atoms with Gasteiger partial charge in [0, 0.05) is 25.7 Å². The Morgan fingerprint density at radius 2 is 1.79 bits per heavy atom. The van der Waals surface area contributed by atoms with Gasteiger partial charge in [0.2, 0.25) is 15.9 Å². The second-order valence-electron chi connectivity index (χ2n) is 8.86. The zero-order valence-electron chi connectivity index (χ0n) is 19.6. The number of ether oxygens (including phenoxy) is 1. The molecule has 0 bridgehead atoms. The smallest absolute Gasteiger partial charge is 0.414 e. The molecule has 0 spiro atoms. The quantitative estimate of drug-likeness (QED) is 0.687. The minimum absolute atomic E-state index is 0.0952. The largest absolute Gasteiger partial charge is 0.444 e. The molecule has 0 radical (unpaired) electrons. The molecule has 2 aliphatic heterocycles. The van der Waals surface area contributed by atoms with Gasteiger partial charge < -0.3 is 15.0 Å². The van der Waals surface area contributed by atoms with Crippen LogP contribution in [0.5, 0.6) is 0 Å². The van der Waals surface area contributed by atoms with Crippen LogP contribution in [0.4, 0.5) is 21.9 Å². The molecule has 2 heterocycles. The van der Waals surface area contributed by atoms with Crippen molar-refractivity contribution in [1.82, 2.24) is 5.32 Å². The molecule has 2 N–H and O–H groups in total. The first kappa shape index (κ1) is 24.0. The maximum atomic E-state index is 13.2. The second kappa shape index (κ2) is 9.63. The summed E-state index contributed by atoms with van der Waals surface area (Å²) in [5.74, 6) is -0.0952. The SMILES string of the molecule is CC(=O)N1c2ccc(-c3ccc(NS(C)(=O)=O)cc3)cc2N(C(=O)OC2CCCNC2)CC1C. The van der Waals surface area contributed by atoms with E-state index in [0.29, 0.717) is 30.2 Å².